The van der Waals surface area contributed by atoms with Gasteiger partial charge in [-0.25, -0.2) is 4.39 Å². The van der Waals surface area contributed by atoms with Crippen LogP contribution >= 0.6 is 0 Å². The second-order valence-corrected chi connectivity index (χ2v) is 6.44. The van der Waals surface area contributed by atoms with Crippen LogP contribution in [-0.4, -0.2) is 0 Å². The van der Waals surface area contributed by atoms with Gasteiger partial charge in [0.25, 0.3) is 0 Å². The van der Waals surface area contributed by atoms with Gasteiger partial charge in [0.05, 0.1) is 0 Å². The van der Waals surface area contributed by atoms with Gasteiger partial charge >= 0.3 is 0 Å². The van der Waals surface area contributed by atoms with E-state index < -0.39 is 0 Å². The maximum atomic E-state index is 13.3. The molecule has 0 radical (unpaired) electrons. The Kier molecular flexibility index (Phi) is 3.41. The van der Waals surface area contributed by atoms with E-state index in [0.29, 0.717) is 0 Å². The first-order valence-corrected chi connectivity index (χ1v) is 7.49. The van der Waals surface area contributed by atoms with Gasteiger partial charge in [-0.3, -0.25) is 0 Å². The van der Waals surface area contributed by atoms with Crippen LogP contribution in [-0.2, 0) is 12.8 Å². The number of rotatable bonds is 1. The first kappa shape index (κ1) is 12.2. The summed E-state index contributed by atoms with van der Waals surface area (Å²) in [6.45, 7) is 2.38. The van der Waals surface area contributed by atoms with E-state index in [1.54, 1.807) is 12.1 Å². The molecule has 0 aliphatic heterocycles. The smallest absolute Gasteiger partial charge is 0.123 e. The summed E-state index contributed by atoms with van der Waals surface area (Å²) in [5, 5.41) is 0. The first-order valence-electron chi connectivity index (χ1n) is 7.49. The molecule has 1 atom stereocenters. The molecule has 0 heterocycles. The zero-order chi connectivity index (χ0) is 12.5. The summed E-state index contributed by atoms with van der Waals surface area (Å²) in [6.07, 6.45) is 9.19. The SMILES string of the molecule is CC1CCC(C2CCc3ccc(F)cc3C2)CC1. The summed E-state index contributed by atoms with van der Waals surface area (Å²) >= 11 is 0. The fourth-order valence-corrected chi connectivity index (χ4v) is 3.91. The van der Waals surface area contributed by atoms with Crippen molar-refractivity contribution >= 4 is 0 Å². The van der Waals surface area contributed by atoms with Gasteiger partial charge in [0.1, 0.15) is 5.82 Å². The average molecular weight is 246 g/mol. The molecule has 0 aromatic heterocycles. The zero-order valence-corrected chi connectivity index (χ0v) is 11.3. The lowest BCUT2D eigenvalue weighted by atomic mass is 9.70. The van der Waals surface area contributed by atoms with Crippen LogP contribution in [0.4, 0.5) is 4.39 Å². The van der Waals surface area contributed by atoms with Crippen LogP contribution in [0, 0.1) is 23.6 Å². The largest absolute Gasteiger partial charge is 0.207 e. The molecule has 1 unspecified atom stereocenters. The van der Waals surface area contributed by atoms with Crippen LogP contribution in [0.2, 0.25) is 0 Å². The fourth-order valence-electron chi connectivity index (χ4n) is 3.91. The maximum Gasteiger partial charge on any atom is 0.123 e. The van der Waals surface area contributed by atoms with Crippen molar-refractivity contribution in [3.63, 3.8) is 0 Å². The summed E-state index contributed by atoms with van der Waals surface area (Å²) < 4.78 is 13.3. The van der Waals surface area contributed by atoms with Gasteiger partial charge < -0.3 is 0 Å². The molecule has 2 aliphatic rings. The van der Waals surface area contributed by atoms with Crippen molar-refractivity contribution < 1.29 is 4.39 Å². The minimum atomic E-state index is -0.0633. The van der Waals surface area contributed by atoms with Crippen molar-refractivity contribution in [1.29, 1.82) is 0 Å². The van der Waals surface area contributed by atoms with Crippen LogP contribution in [0.5, 0.6) is 0 Å². The first-order chi connectivity index (χ1) is 8.72. The fraction of sp³-hybridized carbons (Fsp3) is 0.647. The molecule has 0 saturated heterocycles. The zero-order valence-electron chi connectivity index (χ0n) is 11.3. The number of fused-ring (bicyclic) bond motifs is 1. The highest BCUT2D eigenvalue weighted by molar-refractivity contribution is 5.30. The normalized spacial score (nSPS) is 32.0. The predicted octanol–water partition coefficient (Wildman–Crippen LogP) is 4.76. The molecule has 1 saturated carbocycles. The molecule has 3 rings (SSSR count). The van der Waals surface area contributed by atoms with E-state index in [4.69, 9.17) is 0 Å². The monoisotopic (exact) mass is 246 g/mol. The average Bonchev–Trinajstić information content (AvgIpc) is 2.38. The quantitative estimate of drug-likeness (QED) is 0.670. The molecular formula is C17H23F. The molecule has 0 N–H and O–H groups in total. The Labute approximate surface area is 110 Å². The minimum Gasteiger partial charge on any atom is -0.207 e. The van der Waals surface area contributed by atoms with Crippen molar-refractivity contribution in [3.8, 4) is 0 Å². The van der Waals surface area contributed by atoms with E-state index >= 15 is 0 Å². The van der Waals surface area contributed by atoms with Gasteiger partial charge in [-0.05, 0) is 73.1 Å². The highest BCUT2D eigenvalue weighted by Gasteiger charge is 2.29. The molecule has 18 heavy (non-hydrogen) atoms. The summed E-state index contributed by atoms with van der Waals surface area (Å²) in [5.41, 5.74) is 2.67. The van der Waals surface area contributed by atoms with E-state index in [-0.39, 0.29) is 5.82 Å². The Morgan fingerprint density at radius 1 is 0.944 bits per heavy atom. The van der Waals surface area contributed by atoms with Crippen molar-refractivity contribution in [2.75, 3.05) is 0 Å². The Morgan fingerprint density at radius 3 is 2.50 bits per heavy atom. The third-order valence-corrected chi connectivity index (χ3v) is 5.16. The molecule has 1 aromatic carbocycles. The molecule has 2 aliphatic carbocycles. The third-order valence-electron chi connectivity index (χ3n) is 5.16. The summed E-state index contributed by atoms with van der Waals surface area (Å²) in [5.74, 6) is 2.57. The number of hydrogen-bond donors (Lipinski definition) is 0. The van der Waals surface area contributed by atoms with Crippen LogP contribution in [0.3, 0.4) is 0 Å². The molecule has 0 amide bonds. The Bertz CT molecular complexity index is 416. The van der Waals surface area contributed by atoms with Crippen LogP contribution < -0.4 is 0 Å². The maximum absolute atomic E-state index is 13.3. The molecule has 0 bridgehead atoms. The van der Waals surface area contributed by atoms with Crippen molar-refractivity contribution in [3.05, 3.63) is 35.1 Å². The van der Waals surface area contributed by atoms with Gasteiger partial charge in [-0.15, -0.1) is 0 Å². The van der Waals surface area contributed by atoms with Crippen molar-refractivity contribution in [2.45, 2.75) is 51.9 Å². The lowest BCUT2D eigenvalue weighted by Gasteiger charge is -2.35. The summed E-state index contributed by atoms with van der Waals surface area (Å²) in [7, 11) is 0. The summed E-state index contributed by atoms with van der Waals surface area (Å²) in [4.78, 5) is 0. The molecule has 0 nitrogen and oxygen atoms in total. The highest BCUT2D eigenvalue weighted by Crippen LogP contribution is 2.39. The molecule has 98 valence electrons. The molecule has 0 spiro atoms. The van der Waals surface area contributed by atoms with Gasteiger partial charge in [0, 0.05) is 0 Å². The summed E-state index contributed by atoms with van der Waals surface area (Å²) in [6, 6.07) is 5.37. The molecular weight excluding hydrogens is 223 g/mol. The van der Waals surface area contributed by atoms with Crippen molar-refractivity contribution in [2.24, 2.45) is 17.8 Å². The molecule has 1 heteroatoms. The van der Waals surface area contributed by atoms with Crippen LogP contribution in [0.1, 0.15) is 50.2 Å². The highest BCUT2D eigenvalue weighted by atomic mass is 19.1. The Balaban J connectivity index is 1.70. The lowest BCUT2D eigenvalue weighted by Crippen LogP contribution is -2.26. The third kappa shape index (κ3) is 2.46. The predicted molar refractivity (Wildman–Crippen MR) is 73.0 cm³/mol. The molecule has 1 aromatic rings. The van der Waals surface area contributed by atoms with Gasteiger partial charge in [0.2, 0.25) is 0 Å². The number of aryl methyl sites for hydroxylation is 1. The van der Waals surface area contributed by atoms with Crippen LogP contribution in [0.25, 0.3) is 0 Å². The topological polar surface area (TPSA) is 0 Å². The van der Waals surface area contributed by atoms with E-state index in [1.165, 1.54) is 43.2 Å². The van der Waals surface area contributed by atoms with E-state index in [9.17, 15) is 4.39 Å². The van der Waals surface area contributed by atoms with Gasteiger partial charge in [0.15, 0.2) is 0 Å². The lowest BCUT2D eigenvalue weighted by molar-refractivity contribution is 0.197. The second kappa shape index (κ2) is 5.03. The van der Waals surface area contributed by atoms with E-state index in [1.807, 2.05) is 6.07 Å². The number of hydrogen-bond acceptors (Lipinski definition) is 0. The number of halogens is 1. The Hall–Kier alpha value is -0.850. The van der Waals surface area contributed by atoms with E-state index in [2.05, 4.69) is 6.92 Å². The number of benzene rings is 1. The Morgan fingerprint density at radius 2 is 1.72 bits per heavy atom. The minimum absolute atomic E-state index is 0.0633. The molecule has 1 fully saturated rings. The second-order valence-electron chi connectivity index (χ2n) is 6.44. The van der Waals surface area contributed by atoms with Crippen LogP contribution in [0.15, 0.2) is 18.2 Å². The van der Waals surface area contributed by atoms with Gasteiger partial charge in [-0.2, -0.15) is 0 Å². The van der Waals surface area contributed by atoms with Crippen molar-refractivity contribution in [1.82, 2.24) is 0 Å². The van der Waals surface area contributed by atoms with E-state index in [0.717, 1.165) is 30.6 Å². The van der Waals surface area contributed by atoms with Gasteiger partial charge in [-0.1, -0.05) is 25.8 Å². The standard InChI is InChI=1S/C17H23F/c1-12-2-4-13(5-3-12)15-7-6-14-8-9-17(18)11-16(14)10-15/h8-9,11-13,15H,2-7,10H2,1H3.